The molecule has 4 rings (SSSR count). The fourth-order valence-corrected chi connectivity index (χ4v) is 6.12. The minimum absolute atomic E-state index is 0.160. The van der Waals surface area contributed by atoms with Crippen LogP contribution in [0.2, 0.25) is 0 Å². The van der Waals surface area contributed by atoms with Crippen LogP contribution in [-0.4, -0.2) is 48.6 Å². The molecule has 0 saturated carbocycles. The van der Waals surface area contributed by atoms with Crippen LogP contribution in [0.4, 0.5) is 0 Å². The molecular weight excluding hydrogens is 452 g/mol. The van der Waals surface area contributed by atoms with Gasteiger partial charge in [-0.3, -0.25) is 9.48 Å². The van der Waals surface area contributed by atoms with Crippen LogP contribution in [0.15, 0.2) is 53.4 Å². The number of rotatable bonds is 8. The Balaban J connectivity index is 1.42. The first-order valence-corrected chi connectivity index (χ1v) is 12.8. The highest BCUT2D eigenvalue weighted by atomic mass is 32.2. The second kappa shape index (κ2) is 9.99. The van der Waals surface area contributed by atoms with Gasteiger partial charge in [-0.15, -0.1) is 0 Å². The van der Waals surface area contributed by atoms with Crippen molar-refractivity contribution in [2.75, 3.05) is 20.2 Å². The second-order valence-corrected chi connectivity index (χ2v) is 10.4. The Morgan fingerprint density at radius 1 is 1.00 bits per heavy atom. The Bertz CT molecular complexity index is 1260. The standard InChI is InChI=1S/C25H30N4O4S/c1-18-24(34(31,32)28-14-4-5-15-28)19(2)29(27-18)17-21-6-10-22(11-7-21)25(30)26-16-20-8-12-23(33-3)13-9-20/h6-13H,4-5,14-17H2,1-3H3,(H,26,30). The van der Waals surface area contributed by atoms with Crippen LogP contribution >= 0.6 is 0 Å². The fraction of sp³-hybridized carbons (Fsp3) is 0.360. The lowest BCUT2D eigenvalue weighted by atomic mass is 10.1. The van der Waals surface area contributed by atoms with Crippen LogP contribution in [-0.2, 0) is 23.1 Å². The number of sulfonamides is 1. The first-order valence-electron chi connectivity index (χ1n) is 11.3. The first-order chi connectivity index (χ1) is 16.3. The minimum Gasteiger partial charge on any atom is -0.497 e. The summed E-state index contributed by atoms with van der Waals surface area (Å²) in [6.07, 6.45) is 1.79. The van der Waals surface area contributed by atoms with Crippen LogP contribution in [0.5, 0.6) is 5.75 Å². The van der Waals surface area contributed by atoms with E-state index in [1.165, 1.54) is 0 Å². The average molecular weight is 483 g/mol. The second-order valence-electron chi connectivity index (χ2n) is 8.50. The summed E-state index contributed by atoms with van der Waals surface area (Å²) in [6.45, 7) is 5.51. The molecule has 2 heterocycles. The summed E-state index contributed by atoms with van der Waals surface area (Å²) in [4.78, 5) is 12.8. The van der Waals surface area contributed by atoms with E-state index in [1.54, 1.807) is 42.1 Å². The summed E-state index contributed by atoms with van der Waals surface area (Å²) in [6, 6.07) is 14.8. The molecule has 8 nitrogen and oxygen atoms in total. The first kappa shape index (κ1) is 24.0. The molecule has 1 aliphatic heterocycles. The summed E-state index contributed by atoms with van der Waals surface area (Å²) in [5.41, 5.74) is 3.62. The Morgan fingerprint density at radius 3 is 2.24 bits per heavy atom. The van der Waals surface area contributed by atoms with Gasteiger partial charge in [-0.25, -0.2) is 8.42 Å². The molecule has 0 radical (unpaired) electrons. The molecule has 1 aliphatic rings. The molecule has 2 aromatic carbocycles. The number of nitrogens with zero attached hydrogens (tertiary/aromatic N) is 3. The molecule has 1 saturated heterocycles. The average Bonchev–Trinajstić information content (AvgIpc) is 3.47. The number of hydrogen-bond donors (Lipinski definition) is 1. The van der Waals surface area contributed by atoms with Crippen LogP contribution in [0.1, 0.15) is 45.7 Å². The zero-order valence-electron chi connectivity index (χ0n) is 19.7. The molecule has 1 amide bonds. The number of benzene rings is 2. The maximum atomic E-state index is 13.1. The van der Waals surface area contributed by atoms with Crippen molar-refractivity contribution in [3.63, 3.8) is 0 Å². The van der Waals surface area contributed by atoms with Gasteiger partial charge < -0.3 is 10.1 Å². The highest BCUT2D eigenvalue weighted by Gasteiger charge is 2.32. The molecule has 1 N–H and O–H groups in total. The van der Waals surface area contributed by atoms with Crippen molar-refractivity contribution in [2.24, 2.45) is 0 Å². The van der Waals surface area contributed by atoms with Gasteiger partial charge in [-0.2, -0.15) is 9.40 Å². The van der Waals surface area contributed by atoms with E-state index in [2.05, 4.69) is 10.4 Å². The van der Waals surface area contributed by atoms with E-state index < -0.39 is 10.0 Å². The van der Waals surface area contributed by atoms with Crippen LogP contribution < -0.4 is 10.1 Å². The number of aryl methyl sites for hydroxylation is 1. The zero-order valence-corrected chi connectivity index (χ0v) is 20.6. The summed E-state index contributed by atoms with van der Waals surface area (Å²) in [5, 5.41) is 7.42. The summed E-state index contributed by atoms with van der Waals surface area (Å²) in [5.74, 6) is 0.613. The number of hydrogen-bond acceptors (Lipinski definition) is 5. The third-order valence-electron chi connectivity index (χ3n) is 6.14. The predicted octanol–water partition coefficient (Wildman–Crippen LogP) is 3.27. The lowest BCUT2D eigenvalue weighted by molar-refractivity contribution is 0.0951. The number of aromatic nitrogens is 2. The van der Waals surface area contributed by atoms with E-state index in [-0.39, 0.29) is 5.91 Å². The molecule has 3 aromatic rings. The molecule has 9 heteroatoms. The van der Waals surface area contributed by atoms with Crippen LogP contribution in [0.3, 0.4) is 0 Å². The molecular formula is C25H30N4O4S. The quantitative estimate of drug-likeness (QED) is 0.532. The Kier molecular flexibility index (Phi) is 7.04. The number of carbonyl (C=O) groups excluding carboxylic acids is 1. The van der Waals surface area contributed by atoms with Crippen molar-refractivity contribution in [1.82, 2.24) is 19.4 Å². The molecule has 0 aliphatic carbocycles. The number of ether oxygens (including phenoxy) is 1. The van der Waals surface area contributed by atoms with Crippen molar-refractivity contribution in [1.29, 1.82) is 0 Å². The highest BCUT2D eigenvalue weighted by Crippen LogP contribution is 2.26. The van der Waals surface area contributed by atoms with Crippen LogP contribution in [0.25, 0.3) is 0 Å². The zero-order chi connectivity index (χ0) is 24.3. The molecule has 1 fully saturated rings. The Labute approximate surface area is 200 Å². The van der Waals surface area contributed by atoms with Crippen molar-refractivity contribution >= 4 is 15.9 Å². The van der Waals surface area contributed by atoms with Crippen molar-refractivity contribution in [3.05, 3.63) is 76.6 Å². The van der Waals surface area contributed by atoms with E-state index in [1.807, 2.05) is 36.4 Å². The van der Waals surface area contributed by atoms with Gasteiger partial charge in [-0.1, -0.05) is 24.3 Å². The number of amides is 1. The third-order valence-corrected chi connectivity index (χ3v) is 8.29. The van der Waals surface area contributed by atoms with Gasteiger partial charge in [-0.05, 0) is 62.1 Å². The summed E-state index contributed by atoms with van der Waals surface area (Å²) >= 11 is 0. The van der Waals surface area contributed by atoms with E-state index in [4.69, 9.17) is 4.74 Å². The summed E-state index contributed by atoms with van der Waals surface area (Å²) < 4.78 is 34.6. The molecule has 1 aromatic heterocycles. The van der Waals surface area contributed by atoms with Gasteiger partial charge in [0.1, 0.15) is 10.6 Å². The molecule has 34 heavy (non-hydrogen) atoms. The van der Waals surface area contributed by atoms with Crippen molar-refractivity contribution in [2.45, 2.75) is 44.7 Å². The molecule has 0 bridgehead atoms. The normalized spacial score (nSPS) is 14.3. The number of carbonyl (C=O) groups is 1. The topological polar surface area (TPSA) is 93.5 Å². The van der Waals surface area contributed by atoms with Crippen LogP contribution in [0, 0.1) is 13.8 Å². The maximum Gasteiger partial charge on any atom is 0.251 e. The minimum atomic E-state index is -3.53. The molecule has 180 valence electrons. The highest BCUT2D eigenvalue weighted by molar-refractivity contribution is 7.89. The summed E-state index contributed by atoms with van der Waals surface area (Å²) in [7, 11) is -1.92. The predicted molar refractivity (Wildman–Crippen MR) is 129 cm³/mol. The largest absolute Gasteiger partial charge is 0.497 e. The Hall–Kier alpha value is -3.17. The lowest BCUT2D eigenvalue weighted by Crippen LogP contribution is -2.28. The lowest BCUT2D eigenvalue weighted by Gasteiger charge is -2.15. The SMILES string of the molecule is COc1ccc(CNC(=O)c2ccc(Cn3nc(C)c(S(=O)(=O)N4CCCC4)c3C)cc2)cc1. The van der Waals surface area contributed by atoms with Gasteiger partial charge in [0.2, 0.25) is 10.0 Å². The van der Waals surface area contributed by atoms with Crippen molar-refractivity contribution in [3.8, 4) is 5.75 Å². The number of methoxy groups -OCH3 is 1. The van der Waals surface area contributed by atoms with Gasteiger partial charge in [0, 0.05) is 25.2 Å². The van der Waals surface area contributed by atoms with Gasteiger partial charge in [0.05, 0.1) is 25.0 Å². The third kappa shape index (κ3) is 5.00. The Morgan fingerprint density at radius 2 is 1.62 bits per heavy atom. The van der Waals surface area contributed by atoms with E-state index in [9.17, 15) is 13.2 Å². The van der Waals surface area contributed by atoms with E-state index >= 15 is 0 Å². The van der Waals surface area contributed by atoms with Gasteiger partial charge in [0.25, 0.3) is 5.91 Å². The fourth-order valence-electron chi connectivity index (χ4n) is 4.23. The van der Waals surface area contributed by atoms with E-state index in [0.717, 1.165) is 29.7 Å². The number of nitrogens with one attached hydrogen (secondary N) is 1. The molecule has 0 spiro atoms. The van der Waals surface area contributed by atoms with Gasteiger partial charge in [0.15, 0.2) is 0 Å². The smallest absolute Gasteiger partial charge is 0.251 e. The monoisotopic (exact) mass is 482 g/mol. The molecule has 0 atom stereocenters. The van der Waals surface area contributed by atoms with E-state index in [0.29, 0.717) is 48.0 Å². The molecule has 0 unspecified atom stereocenters. The van der Waals surface area contributed by atoms with Crippen molar-refractivity contribution < 1.29 is 17.9 Å². The van der Waals surface area contributed by atoms with Gasteiger partial charge >= 0.3 is 0 Å². The maximum absolute atomic E-state index is 13.1.